The highest BCUT2D eigenvalue weighted by Crippen LogP contribution is 2.29. The first-order chi connectivity index (χ1) is 14.1. The van der Waals surface area contributed by atoms with E-state index in [1.54, 1.807) is 36.0 Å². The van der Waals surface area contributed by atoms with E-state index < -0.39 is 11.8 Å². The molecule has 7 nitrogen and oxygen atoms in total. The quantitative estimate of drug-likeness (QED) is 0.572. The predicted molar refractivity (Wildman–Crippen MR) is 113 cm³/mol. The fourth-order valence-corrected chi connectivity index (χ4v) is 3.47. The number of hydrazine groups is 1. The van der Waals surface area contributed by atoms with E-state index in [4.69, 9.17) is 13.9 Å². The molecule has 3 rings (SSSR count). The number of ether oxygens (including phenoxy) is 2. The molecule has 0 fully saturated rings. The summed E-state index contributed by atoms with van der Waals surface area (Å²) < 4.78 is 16.4. The molecule has 0 unspecified atom stereocenters. The van der Waals surface area contributed by atoms with Crippen LogP contribution < -0.4 is 20.3 Å². The van der Waals surface area contributed by atoms with Gasteiger partial charge < -0.3 is 13.9 Å². The summed E-state index contributed by atoms with van der Waals surface area (Å²) in [5.74, 6) is 0.776. The van der Waals surface area contributed by atoms with Crippen molar-refractivity contribution in [2.75, 3.05) is 20.0 Å². The van der Waals surface area contributed by atoms with Crippen LogP contribution in [0.3, 0.4) is 0 Å². The molecule has 1 heterocycles. The van der Waals surface area contributed by atoms with Gasteiger partial charge in [0.2, 0.25) is 0 Å². The number of rotatable bonds is 7. The number of para-hydroxylation sites is 1. The molecule has 3 aromatic rings. The highest BCUT2D eigenvalue weighted by Gasteiger charge is 2.21. The second kappa shape index (κ2) is 9.38. The van der Waals surface area contributed by atoms with Crippen molar-refractivity contribution >= 4 is 34.5 Å². The summed E-state index contributed by atoms with van der Waals surface area (Å²) in [5, 5.41) is 0.884. The summed E-state index contributed by atoms with van der Waals surface area (Å²) in [5.41, 5.74) is 6.57. The molecular formula is C21H22N2O5S. The van der Waals surface area contributed by atoms with Crippen LogP contribution in [0, 0.1) is 0 Å². The number of hydrogen-bond acceptors (Lipinski definition) is 6. The number of methoxy groups -OCH3 is 1. The fourth-order valence-electron chi connectivity index (χ4n) is 2.90. The molecule has 0 bridgehead atoms. The first kappa shape index (κ1) is 20.6. The van der Waals surface area contributed by atoms with Gasteiger partial charge in [-0.25, -0.2) is 0 Å². The van der Waals surface area contributed by atoms with Crippen molar-refractivity contribution in [3.8, 4) is 11.5 Å². The number of benzene rings is 2. The zero-order valence-electron chi connectivity index (χ0n) is 16.4. The van der Waals surface area contributed by atoms with Gasteiger partial charge in [-0.2, -0.15) is 11.8 Å². The van der Waals surface area contributed by atoms with Gasteiger partial charge in [0.1, 0.15) is 5.58 Å². The molecule has 2 aromatic carbocycles. The molecular weight excluding hydrogens is 392 g/mol. The van der Waals surface area contributed by atoms with Gasteiger partial charge in [0.25, 0.3) is 5.91 Å². The van der Waals surface area contributed by atoms with Crippen LogP contribution in [0.4, 0.5) is 0 Å². The Kier molecular flexibility index (Phi) is 6.66. The molecule has 1 aromatic heterocycles. The van der Waals surface area contributed by atoms with Gasteiger partial charge in [-0.15, -0.1) is 0 Å². The Morgan fingerprint density at radius 1 is 1.07 bits per heavy atom. The maximum Gasteiger partial charge on any atom is 0.305 e. The third-order valence-electron chi connectivity index (χ3n) is 4.21. The maximum atomic E-state index is 12.6. The van der Waals surface area contributed by atoms with Crippen LogP contribution in [0.1, 0.15) is 33.4 Å². The van der Waals surface area contributed by atoms with E-state index in [0.717, 1.165) is 10.9 Å². The number of carbonyl (C=O) groups excluding carboxylic acids is 2. The van der Waals surface area contributed by atoms with E-state index in [-0.39, 0.29) is 5.76 Å². The number of thioether (sulfide) groups is 1. The van der Waals surface area contributed by atoms with Crippen LogP contribution in [-0.2, 0) is 5.75 Å². The van der Waals surface area contributed by atoms with Crippen LogP contribution in [0.5, 0.6) is 11.5 Å². The van der Waals surface area contributed by atoms with Gasteiger partial charge in [0.05, 0.1) is 13.7 Å². The molecule has 0 aliphatic carbocycles. The van der Waals surface area contributed by atoms with E-state index in [1.165, 1.54) is 7.11 Å². The maximum absolute atomic E-state index is 12.6. The van der Waals surface area contributed by atoms with Crippen LogP contribution >= 0.6 is 11.8 Å². The highest BCUT2D eigenvalue weighted by atomic mass is 32.2. The second-order valence-electron chi connectivity index (χ2n) is 6.05. The van der Waals surface area contributed by atoms with Crippen molar-refractivity contribution in [3.63, 3.8) is 0 Å². The van der Waals surface area contributed by atoms with Crippen molar-refractivity contribution in [1.29, 1.82) is 0 Å². The van der Waals surface area contributed by atoms with Crippen LogP contribution in [-0.4, -0.2) is 31.8 Å². The lowest BCUT2D eigenvalue weighted by molar-refractivity contribution is 0.0831. The topological polar surface area (TPSA) is 89.8 Å². The Bertz CT molecular complexity index is 1030. The smallest absolute Gasteiger partial charge is 0.305 e. The normalized spacial score (nSPS) is 10.6. The van der Waals surface area contributed by atoms with Crippen LogP contribution in [0.2, 0.25) is 0 Å². The molecule has 0 spiro atoms. The molecule has 0 aliphatic heterocycles. The molecule has 152 valence electrons. The molecule has 2 amide bonds. The standard InChI is InChI=1S/C21H22N2O5S/c1-4-27-17-10-9-13(11-18(17)26-2)20(24)22-23-21(25)19-15(12-29-3)14-7-5-6-8-16(14)28-19/h5-11H,4,12H2,1-3H3,(H,22,24)(H,23,25). The summed E-state index contributed by atoms with van der Waals surface area (Å²) in [6, 6.07) is 12.2. The molecule has 0 saturated heterocycles. The zero-order valence-corrected chi connectivity index (χ0v) is 17.2. The van der Waals surface area contributed by atoms with E-state index in [0.29, 0.717) is 35.0 Å². The van der Waals surface area contributed by atoms with Crippen molar-refractivity contribution in [1.82, 2.24) is 10.9 Å². The fraction of sp³-hybridized carbons (Fsp3) is 0.238. The van der Waals surface area contributed by atoms with Crippen LogP contribution in [0.15, 0.2) is 46.9 Å². The molecule has 29 heavy (non-hydrogen) atoms. The van der Waals surface area contributed by atoms with E-state index in [9.17, 15) is 9.59 Å². The van der Waals surface area contributed by atoms with Crippen molar-refractivity contribution in [2.24, 2.45) is 0 Å². The molecule has 0 atom stereocenters. The van der Waals surface area contributed by atoms with E-state index in [1.807, 2.05) is 31.4 Å². The van der Waals surface area contributed by atoms with Gasteiger partial charge in [0, 0.05) is 22.3 Å². The number of nitrogens with one attached hydrogen (secondary N) is 2. The van der Waals surface area contributed by atoms with Crippen molar-refractivity contribution in [2.45, 2.75) is 12.7 Å². The molecule has 2 N–H and O–H groups in total. The lowest BCUT2D eigenvalue weighted by Crippen LogP contribution is -2.41. The number of fused-ring (bicyclic) bond motifs is 1. The average molecular weight is 414 g/mol. The molecule has 0 radical (unpaired) electrons. The summed E-state index contributed by atoms with van der Waals surface area (Å²) in [6.07, 6.45) is 1.95. The monoisotopic (exact) mass is 414 g/mol. The van der Waals surface area contributed by atoms with Gasteiger partial charge in [-0.05, 0) is 37.4 Å². The number of furan rings is 1. The number of amides is 2. The zero-order chi connectivity index (χ0) is 20.8. The Hall–Kier alpha value is -3.13. The highest BCUT2D eigenvalue weighted by molar-refractivity contribution is 7.97. The Morgan fingerprint density at radius 2 is 1.83 bits per heavy atom. The predicted octanol–water partition coefficient (Wildman–Crippen LogP) is 3.78. The van der Waals surface area contributed by atoms with Gasteiger partial charge in [0.15, 0.2) is 17.3 Å². The van der Waals surface area contributed by atoms with Crippen LogP contribution in [0.25, 0.3) is 11.0 Å². The SMILES string of the molecule is CCOc1ccc(C(=O)NNC(=O)c2oc3ccccc3c2CSC)cc1OC. The van der Waals surface area contributed by atoms with Crippen molar-refractivity contribution < 1.29 is 23.5 Å². The molecule has 0 saturated carbocycles. The molecule has 0 aliphatic rings. The molecule has 8 heteroatoms. The average Bonchev–Trinajstić information content (AvgIpc) is 3.11. The third kappa shape index (κ3) is 4.48. The van der Waals surface area contributed by atoms with Gasteiger partial charge >= 0.3 is 5.91 Å². The van der Waals surface area contributed by atoms with E-state index >= 15 is 0 Å². The van der Waals surface area contributed by atoms with Crippen molar-refractivity contribution in [3.05, 3.63) is 59.4 Å². The first-order valence-electron chi connectivity index (χ1n) is 8.99. The summed E-state index contributed by atoms with van der Waals surface area (Å²) in [7, 11) is 1.50. The summed E-state index contributed by atoms with van der Waals surface area (Å²) in [6.45, 7) is 2.34. The summed E-state index contributed by atoms with van der Waals surface area (Å²) in [4.78, 5) is 25.1. The van der Waals surface area contributed by atoms with Gasteiger partial charge in [-0.3, -0.25) is 20.4 Å². The minimum atomic E-state index is -0.517. The lowest BCUT2D eigenvalue weighted by atomic mass is 10.1. The largest absolute Gasteiger partial charge is 0.493 e. The van der Waals surface area contributed by atoms with Gasteiger partial charge in [-0.1, -0.05) is 18.2 Å². The minimum absolute atomic E-state index is 0.185. The Morgan fingerprint density at radius 3 is 2.55 bits per heavy atom. The Labute approximate surface area is 172 Å². The first-order valence-corrected chi connectivity index (χ1v) is 10.4. The number of carbonyl (C=O) groups is 2. The lowest BCUT2D eigenvalue weighted by Gasteiger charge is -2.11. The summed E-state index contributed by atoms with van der Waals surface area (Å²) >= 11 is 1.58. The third-order valence-corrected chi connectivity index (χ3v) is 4.79. The Balaban J connectivity index is 1.75. The second-order valence-corrected chi connectivity index (χ2v) is 6.91. The minimum Gasteiger partial charge on any atom is -0.493 e. The van der Waals surface area contributed by atoms with E-state index in [2.05, 4.69) is 10.9 Å². The number of hydrogen-bond donors (Lipinski definition) is 2.